The summed E-state index contributed by atoms with van der Waals surface area (Å²) in [5.41, 5.74) is 0. The monoisotopic (exact) mass is 332 g/mol. The molecule has 22 heavy (non-hydrogen) atoms. The molecule has 0 bridgehead atoms. The fourth-order valence-electron chi connectivity index (χ4n) is 2.85. The largest absolute Gasteiger partial charge is 0.355 e. The molecule has 0 aromatic heterocycles. The van der Waals surface area contributed by atoms with Crippen LogP contribution in [0.25, 0.3) is 0 Å². The highest BCUT2D eigenvalue weighted by molar-refractivity contribution is 7.89. The number of nitrogens with one attached hydrogen (secondary N) is 2. The van der Waals surface area contributed by atoms with E-state index in [0.29, 0.717) is 13.1 Å². The van der Waals surface area contributed by atoms with Crippen LogP contribution in [0.4, 0.5) is 0 Å². The number of rotatable bonds is 7. The van der Waals surface area contributed by atoms with Crippen molar-refractivity contribution in [2.24, 2.45) is 16.8 Å². The van der Waals surface area contributed by atoms with Gasteiger partial charge in [-0.2, -0.15) is 0 Å². The summed E-state index contributed by atoms with van der Waals surface area (Å²) in [6.45, 7) is 5.89. The van der Waals surface area contributed by atoms with E-state index in [-0.39, 0.29) is 5.75 Å². The summed E-state index contributed by atoms with van der Waals surface area (Å²) in [4.78, 5) is 6.42. The van der Waals surface area contributed by atoms with Gasteiger partial charge < -0.3 is 10.2 Å². The van der Waals surface area contributed by atoms with Gasteiger partial charge in [0.1, 0.15) is 0 Å². The lowest BCUT2D eigenvalue weighted by Gasteiger charge is -2.31. The Balaban J connectivity index is 2.31. The van der Waals surface area contributed by atoms with Gasteiger partial charge in [-0.05, 0) is 31.6 Å². The van der Waals surface area contributed by atoms with E-state index in [2.05, 4.69) is 26.9 Å². The van der Waals surface area contributed by atoms with Gasteiger partial charge in [0.25, 0.3) is 0 Å². The Hall–Kier alpha value is -0.820. The highest BCUT2D eigenvalue weighted by Gasteiger charge is 2.20. The fourth-order valence-corrected chi connectivity index (χ4v) is 3.47. The smallest absolute Gasteiger partial charge is 0.211 e. The second kappa shape index (κ2) is 9.35. The topological polar surface area (TPSA) is 73.8 Å². The molecular formula is C15H32N4O2S. The third kappa shape index (κ3) is 6.96. The molecule has 0 aromatic carbocycles. The Morgan fingerprint density at radius 2 is 1.86 bits per heavy atom. The lowest BCUT2D eigenvalue weighted by atomic mass is 9.83. The Morgan fingerprint density at radius 3 is 2.41 bits per heavy atom. The predicted molar refractivity (Wildman–Crippen MR) is 92.6 cm³/mol. The summed E-state index contributed by atoms with van der Waals surface area (Å²) >= 11 is 0. The molecule has 7 heteroatoms. The van der Waals surface area contributed by atoms with Crippen molar-refractivity contribution in [3.63, 3.8) is 0 Å². The third-order valence-corrected chi connectivity index (χ3v) is 5.76. The first-order valence-electron chi connectivity index (χ1n) is 8.27. The van der Waals surface area contributed by atoms with E-state index in [1.54, 1.807) is 14.0 Å². The number of guanidine groups is 1. The summed E-state index contributed by atoms with van der Waals surface area (Å²) in [6, 6.07) is 0. The lowest BCUT2D eigenvalue weighted by Crippen LogP contribution is -2.44. The second-order valence-corrected chi connectivity index (χ2v) is 8.37. The molecule has 0 unspecified atom stereocenters. The van der Waals surface area contributed by atoms with Gasteiger partial charge in [-0.15, -0.1) is 0 Å². The average molecular weight is 333 g/mol. The molecular weight excluding hydrogens is 300 g/mol. The van der Waals surface area contributed by atoms with Crippen molar-refractivity contribution in [1.29, 1.82) is 0 Å². The maximum absolute atomic E-state index is 11.4. The zero-order chi connectivity index (χ0) is 16.6. The maximum atomic E-state index is 11.4. The van der Waals surface area contributed by atoms with Crippen molar-refractivity contribution in [2.45, 2.75) is 39.5 Å². The zero-order valence-electron chi connectivity index (χ0n) is 14.4. The van der Waals surface area contributed by atoms with E-state index in [1.165, 1.54) is 25.7 Å². The quantitative estimate of drug-likeness (QED) is 0.418. The molecule has 130 valence electrons. The predicted octanol–water partition coefficient (Wildman–Crippen LogP) is 1.26. The van der Waals surface area contributed by atoms with E-state index in [0.717, 1.165) is 24.3 Å². The third-order valence-electron chi connectivity index (χ3n) is 4.35. The summed E-state index contributed by atoms with van der Waals surface area (Å²) in [5, 5.41) is 3.21. The van der Waals surface area contributed by atoms with Crippen LogP contribution in [0.3, 0.4) is 0 Å². The number of hydrogen-bond donors (Lipinski definition) is 2. The first-order chi connectivity index (χ1) is 10.4. The molecule has 1 aliphatic carbocycles. The second-order valence-electron chi connectivity index (χ2n) is 6.28. The van der Waals surface area contributed by atoms with E-state index >= 15 is 0 Å². The van der Waals surface area contributed by atoms with Gasteiger partial charge in [0.2, 0.25) is 10.0 Å². The summed E-state index contributed by atoms with van der Waals surface area (Å²) in [5.74, 6) is 2.54. The SMILES string of the molecule is CCS(=O)(=O)NCCNC(=NC)N(C)CC1CCC(C)CC1. The van der Waals surface area contributed by atoms with Gasteiger partial charge in [-0.3, -0.25) is 4.99 Å². The molecule has 0 aliphatic heterocycles. The number of aliphatic imine (C=N–C) groups is 1. The van der Waals surface area contributed by atoms with Gasteiger partial charge in [0.15, 0.2) is 5.96 Å². The van der Waals surface area contributed by atoms with Gasteiger partial charge in [-0.1, -0.05) is 19.8 Å². The van der Waals surface area contributed by atoms with Crippen molar-refractivity contribution in [2.75, 3.05) is 39.5 Å². The molecule has 6 nitrogen and oxygen atoms in total. The van der Waals surface area contributed by atoms with Crippen LogP contribution in [-0.2, 0) is 10.0 Å². The summed E-state index contributed by atoms with van der Waals surface area (Å²) in [7, 11) is 0.691. The minimum absolute atomic E-state index is 0.113. The van der Waals surface area contributed by atoms with E-state index in [4.69, 9.17) is 0 Å². The van der Waals surface area contributed by atoms with Crippen LogP contribution in [0.2, 0.25) is 0 Å². The Kier molecular flexibility index (Phi) is 8.17. The highest BCUT2D eigenvalue weighted by Crippen LogP contribution is 2.28. The molecule has 1 aliphatic rings. The molecule has 1 saturated carbocycles. The molecule has 0 spiro atoms. The van der Waals surface area contributed by atoms with Crippen LogP contribution in [-0.4, -0.2) is 58.8 Å². The number of sulfonamides is 1. The first kappa shape index (κ1) is 19.2. The Morgan fingerprint density at radius 1 is 1.23 bits per heavy atom. The standard InChI is InChI=1S/C15H32N4O2S/c1-5-22(20,21)18-11-10-17-15(16-3)19(4)12-14-8-6-13(2)7-9-14/h13-14,18H,5-12H2,1-4H3,(H,16,17). The van der Waals surface area contributed by atoms with Crippen LogP contribution in [0.1, 0.15) is 39.5 Å². The molecule has 0 heterocycles. The molecule has 2 N–H and O–H groups in total. The summed E-state index contributed by atoms with van der Waals surface area (Å²) in [6.07, 6.45) is 5.23. The molecule has 1 fully saturated rings. The Bertz CT molecular complexity index is 442. The minimum atomic E-state index is -3.12. The van der Waals surface area contributed by atoms with Crippen molar-refractivity contribution in [3.05, 3.63) is 0 Å². The highest BCUT2D eigenvalue weighted by atomic mass is 32.2. The van der Waals surface area contributed by atoms with E-state index < -0.39 is 10.0 Å². The first-order valence-corrected chi connectivity index (χ1v) is 9.92. The van der Waals surface area contributed by atoms with Crippen LogP contribution in [0.15, 0.2) is 4.99 Å². The normalized spacial score (nSPS) is 23.4. The van der Waals surface area contributed by atoms with E-state index in [9.17, 15) is 8.42 Å². The number of nitrogens with zero attached hydrogens (tertiary/aromatic N) is 2. The van der Waals surface area contributed by atoms with Crippen molar-refractivity contribution < 1.29 is 8.42 Å². The minimum Gasteiger partial charge on any atom is -0.355 e. The van der Waals surface area contributed by atoms with Crippen LogP contribution in [0, 0.1) is 11.8 Å². The lowest BCUT2D eigenvalue weighted by molar-refractivity contribution is 0.250. The maximum Gasteiger partial charge on any atom is 0.211 e. The molecule has 0 radical (unpaired) electrons. The average Bonchev–Trinajstić information content (AvgIpc) is 2.49. The van der Waals surface area contributed by atoms with Crippen LogP contribution >= 0.6 is 0 Å². The van der Waals surface area contributed by atoms with Gasteiger partial charge in [-0.25, -0.2) is 13.1 Å². The van der Waals surface area contributed by atoms with E-state index in [1.807, 2.05) is 7.05 Å². The molecule has 1 rings (SSSR count). The van der Waals surface area contributed by atoms with Crippen molar-refractivity contribution in [1.82, 2.24) is 14.9 Å². The fraction of sp³-hybridized carbons (Fsp3) is 0.933. The number of hydrogen-bond acceptors (Lipinski definition) is 3. The molecule has 0 aromatic rings. The van der Waals surface area contributed by atoms with Gasteiger partial charge >= 0.3 is 0 Å². The van der Waals surface area contributed by atoms with Crippen LogP contribution in [0.5, 0.6) is 0 Å². The van der Waals surface area contributed by atoms with Crippen LogP contribution < -0.4 is 10.0 Å². The zero-order valence-corrected chi connectivity index (χ0v) is 15.2. The molecule has 0 atom stereocenters. The summed E-state index contributed by atoms with van der Waals surface area (Å²) < 4.78 is 25.3. The van der Waals surface area contributed by atoms with Crippen molar-refractivity contribution in [3.8, 4) is 0 Å². The molecule has 0 amide bonds. The molecule has 0 saturated heterocycles. The Labute approximate surface area is 135 Å². The van der Waals surface area contributed by atoms with Gasteiger partial charge in [0, 0.05) is 33.7 Å². The van der Waals surface area contributed by atoms with Crippen molar-refractivity contribution >= 4 is 16.0 Å². The van der Waals surface area contributed by atoms with Gasteiger partial charge in [0.05, 0.1) is 5.75 Å².